The van der Waals surface area contributed by atoms with Crippen molar-refractivity contribution >= 4 is 28.6 Å². The van der Waals surface area contributed by atoms with E-state index >= 15 is 0 Å². The van der Waals surface area contributed by atoms with Crippen LogP contribution in [0.1, 0.15) is 31.5 Å². The van der Waals surface area contributed by atoms with Crippen LogP contribution in [0, 0.1) is 11.8 Å². The van der Waals surface area contributed by atoms with E-state index in [1.54, 1.807) is 24.5 Å². The Labute approximate surface area is 180 Å². The zero-order valence-corrected chi connectivity index (χ0v) is 17.1. The highest BCUT2D eigenvalue weighted by Crippen LogP contribution is 2.40. The Morgan fingerprint density at radius 3 is 2.61 bits per heavy atom. The minimum Gasteiger partial charge on any atom is -0.409 e. The molecule has 0 unspecified atom stereocenters. The molecule has 1 aromatic carbocycles. The Hall–Kier alpha value is -2.88. The van der Waals surface area contributed by atoms with Crippen LogP contribution in [0.2, 0.25) is 5.02 Å². The molecule has 3 N–H and O–H groups in total. The summed E-state index contributed by atoms with van der Waals surface area (Å²) in [4.78, 5) is 13.1. The average molecular weight is 453 g/mol. The lowest BCUT2D eigenvalue weighted by Crippen LogP contribution is -2.29. The second-order valence-corrected chi connectivity index (χ2v) is 8.16. The van der Waals surface area contributed by atoms with Gasteiger partial charge in [-0.1, -0.05) is 28.9 Å². The van der Waals surface area contributed by atoms with E-state index in [1.807, 2.05) is 10.6 Å². The Morgan fingerprint density at radius 2 is 1.97 bits per heavy atom. The molecular weight excluding hydrogens is 433 g/mol. The topological polar surface area (TPSA) is 102 Å². The smallest absolute Gasteiger partial charge is 0.391 e. The molecular formula is C20H20ClF3N6O. The van der Waals surface area contributed by atoms with Crippen molar-refractivity contribution in [1.29, 1.82) is 0 Å². The van der Waals surface area contributed by atoms with Gasteiger partial charge in [0.2, 0.25) is 11.7 Å². The van der Waals surface area contributed by atoms with Crippen molar-refractivity contribution in [2.45, 2.75) is 38.4 Å². The number of amidine groups is 1. The van der Waals surface area contributed by atoms with Crippen molar-refractivity contribution in [3.8, 4) is 11.3 Å². The molecule has 1 fully saturated rings. The van der Waals surface area contributed by atoms with E-state index in [4.69, 9.17) is 22.5 Å². The van der Waals surface area contributed by atoms with Crippen LogP contribution in [0.3, 0.4) is 0 Å². The Balaban J connectivity index is 1.71. The summed E-state index contributed by atoms with van der Waals surface area (Å²) in [7, 11) is 0. The number of aromatic nitrogens is 4. The van der Waals surface area contributed by atoms with Crippen molar-refractivity contribution in [2.24, 2.45) is 22.7 Å². The summed E-state index contributed by atoms with van der Waals surface area (Å²) < 4.78 is 40.8. The maximum Gasteiger partial charge on any atom is 0.391 e. The van der Waals surface area contributed by atoms with E-state index in [1.165, 1.54) is 0 Å². The fourth-order valence-electron chi connectivity index (χ4n) is 4.06. The van der Waals surface area contributed by atoms with E-state index in [-0.39, 0.29) is 30.4 Å². The van der Waals surface area contributed by atoms with Crippen LogP contribution in [0.5, 0.6) is 0 Å². The number of nitrogens with two attached hydrogens (primary N) is 1. The number of rotatable bonds is 4. The fraction of sp³-hybridized carbons (Fsp3) is 0.400. The van der Waals surface area contributed by atoms with Gasteiger partial charge in [0.05, 0.1) is 12.2 Å². The zero-order chi connectivity index (χ0) is 22.2. The second-order valence-electron chi connectivity index (χ2n) is 7.72. The summed E-state index contributed by atoms with van der Waals surface area (Å²) in [6.07, 6.45) is -1.30. The summed E-state index contributed by atoms with van der Waals surface area (Å²) in [6.45, 7) is 0.501. The standard InChI is InChI=1S/C20H20ClF3N6O/c21-14-3-1-2-12(8-14)15-16-18(28-19(27-15)17(25)29-31)26-10-30(16)9-11-4-6-13(7-5-11)20(22,23)24/h1-3,8,10-11,13,31H,4-7,9H2,(H2,25,29). The fourth-order valence-corrected chi connectivity index (χ4v) is 4.26. The van der Waals surface area contributed by atoms with Crippen molar-refractivity contribution in [1.82, 2.24) is 19.5 Å². The maximum absolute atomic E-state index is 13.0. The number of imidazole rings is 1. The number of benzene rings is 1. The van der Waals surface area contributed by atoms with Gasteiger partial charge in [-0.05, 0) is 43.7 Å². The monoisotopic (exact) mass is 452 g/mol. The summed E-state index contributed by atoms with van der Waals surface area (Å²) >= 11 is 6.15. The van der Waals surface area contributed by atoms with E-state index in [2.05, 4.69) is 20.1 Å². The predicted octanol–water partition coefficient (Wildman–Crippen LogP) is 4.61. The molecule has 31 heavy (non-hydrogen) atoms. The van der Waals surface area contributed by atoms with E-state index in [0.29, 0.717) is 46.8 Å². The van der Waals surface area contributed by atoms with Crippen molar-refractivity contribution in [3.05, 3.63) is 41.4 Å². The van der Waals surface area contributed by atoms with Crippen LogP contribution >= 0.6 is 11.6 Å². The van der Waals surface area contributed by atoms with E-state index in [9.17, 15) is 13.2 Å². The van der Waals surface area contributed by atoms with Gasteiger partial charge < -0.3 is 15.5 Å². The van der Waals surface area contributed by atoms with Gasteiger partial charge in [-0.2, -0.15) is 13.2 Å². The summed E-state index contributed by atoms with van der Waals surface area (Å²) in [5.41, 5.74) is 7.84. The highest BCUT2D eigenvalue weighted by Gasteiger charge is 2.41. The second kappa shape index (κ2) is 8.33. The lowest BCUT2D eigenvalue weighted by Gasteiger charge is -2.30. The molecule has 7 nitrogen and oxygen atoms in total. The molecule has 164 valence electrons. The SMILES string of the molecule is NC(=NO)c1nc(-c2cccc(Cl)c2)c2c(ncn2CC2CCC(C(F)(F)F)CC2)n1. The largest absolute Gasteiger partial charge is 0.409 e. The molecule has 0 amide bonds. The summed E-state index contributed by atoms with van der Waals surface area (Å²) in [5, 5.41) is 12.5. The molecule has 1 saturated carbocycles. The third-order valence-corrected chi connectivity index (χ3v) is 5.91. The quantitative estimate of drug-likeness (QED) is 0.260. The Kier molecular flexibility index (Phi) is 5.74. The zero-order valence-electron chi connectivity index (χ0n) is 16.3. The van der Waals surface area contributed by atoms with E-state index < -0.39 is 12.1 Å². The Bertz CT molecular complexity index is 1120. The minimum atomic E-state index is -4.13. The van der Waals surface area contributed by atoms with Crippen LogP contribution in [0.15, 0.2) is 35.7 Å². The molecule has 0 saturated heterocycles. The van der Waals surface area contributed by atoms with Crippen LogP contribution in [-0.2, 0) is 6.54 Å². The highest BCUT2D eigenvalue weighted by molar-refractivity contribution is 6.30. The maximum atomic E-state index is 13.0. The van der Waals surface area contributed by atoms with Crippen LogP contribution < -0.4 is 5.73 Å². The first-order valence-electron chi connectivity index (χ1n) is 9.79. The number of hydrogen-bond donors (Lipinski definition) is 2. The number of halogens is 4. The first kappa shape index (κ1) is 21.4. The molecule has 1 aliphatic rings. The van der Waals surface area contributed by atoms with Crippen LogP contribution in [0.4, 0.5) is 13.2 Å². The lowest BCUT2D eigenvalue weighted by molar-refractivity contribution is -0.184. The third kappa shape index (κ3) is 4.43. The number of hydrogen-bond acceptors (Lipinski definition) is 5. The molecule has 4 rings (SSSR count). The number of oxime groups is 1. The van der Waals surface area contributed by atoms with Gasteiger partial charge in [0, 0.05) is 17.1 Å². The molecule has 3 aromatic rings. The molecule has 1 aliphatic carbocycles. The van der Waals surface area contributed by atoms with Crippen LogP contribution in [0.25, 0.3) is 22.4 Å². The molecule has 11 heteroatoms. The Morgan fingerprint density at radius 1 is 1.23 bits per heavy atom. The predicted molar refractivity (Wildman–Crippen MR) is 110 cm³/mol. The normalized spacial score (nSPS) is 20.3. The number of fused-ring (bicyclic) bond motifs is 1. The van der Waals surface area contributed by atoms with Crippen molar-refractivity contribution in [3.63, 3.8) is 0 Å². The summed E-state index contributed by atoms with van der Waals surface area (Å²) in [6, 6.07) is 7.04. The molecule has 0 bridgehead atoms. The number of alkyl halides is 3. The van der Waals surface area contributed by atoms with Gasteiger partial charge in [0.25, 0.3) is 0 Å². The van der Waals surface area contributed by atoms with Crippen molar-refractivity contribution in [2.75, 3.05) is 0 Å². The molecule has 2 heterocycles. The molecule has 2 aromatic heterocycles. The van der Waals surface area contributed by atoms with Gasteiger partial charge in [0.15, 0.2) is 5.65 Å². The van der Waals surface area contributed by atoms with Gasteiger partial charge >= 0.3 is 6.18 Å². The highest BCUT2D eigenvalue weighted by atomic mass is 35.5. The number of nitrogens with zero attached hydrogens (tertiary/aromatic N) is 5. The van der Waals surface area contributed by atoms with Gasteiger partial charge in [-0.3, -0.25) is 0 Å². The molecule has 0 spiro atoms. The summed E-state index contributed by atoms with van der Waals surface area (Å²) in [5.74, 6) is -1.38. The van der Waals surface area contributed by atoms with Gasteiger partial charge in [0.1, 0.15) is 11.2 Å². The third-order valence-electron chi connectivity index (χ3n) is 5.67. The van der Waals surface area contributed by atoms with Gasteiger partial charge in [-0.15, -0.1) is 0 Å². The van der Waals surface area contributed by atoms with Crippen LogP contribution in [-0.4, -0.2) is 36.7 Å². The molecule has 0 atom stereocenters. The minimum absolute atomic E-state index is 0.0147. The van der Waals surface area contributed by atoms with Gasteiger partial charge in [-0.25, -0.2) is 15.0 Å². The molecule has 0 aliphatic heterocycles. The first-order chi connectivity index (χ1) is 14.8. The lowest BCUT2D eigenvalue weighted by atomic mass is 9.81. The first-order valence-corrected chi connectivity index (χ1v) is 10.2. The average Bonchev–Trinajstić information content (AvgIpc) is 3.15. The molecule has 0 radical (unpaired) electrons. The van der Waals surface area contributed by atoms with Crippen molar-refractivity contribution < 1.29 is 18.4 Å². The van der Waals surface area contributed by atoms with E-state index in [0.717, 1.165) is 0 Å².